The molecule has 2 aliphatic rings. The molecule has 0 unspecified atom stereocenters. The molecular formula is C20H20F3N5O2S. The van der Waals surface area contributed by atoms with Crippen molar-refractivity contribution < 1.29 is 18.0 Å². The number of hydrogen-bond donors (Lipinski definition) is 1. The Hall–Kier alpha value is -2.69. The predicted octanol–water partition coefficient (Wildman–Crippen LogP) is 3.51. The number of carbonyl (C=O) groups excluding carboxylic acids is 1. The van der Waals surface area contributed by atoms with Crippen molar-refractivity contribution in [1.29, 1.82) is 0 Å². The predicted molar refractivity (Wildman–Crippen MR) is 109 cm³/mol. The molecule has 11 heteroatoms. The van der Waals surface area contributed by atoms with Crippen molar-refractivity contribution in [3.05, 3.63) is 44.1 Å². The summed E-state index contributed by atoms with van der Waals surface area (Å²) in [7, 11) is 0. The molecule has 164 valence electrons. The van der Waals surface area contributed by atoms with Crippen LogP contribution in [0.2, 0.25) is 0 Å². The van der Waals surface area contributed by atoms with E-state index in [-0.39, 0.29) is 11.5 Å². The summed E-state index contributed by atoms with van der Waals surface area (Å²) in [6, 6.07) is 1.01. The Morgan fingerprint density at radius 1 is 1.29 bits per heavy atom. The van der Waals surface area contributed by atoms with E-state index in [2.05, 4.69) is 15.5 Å². The summed E-state index contributed by atoms with van der Waals surface area (Å²) in [4.78, 5) is 32.1. The van der Waals surface area contributed by atoms with Gasteiger partial charge in [0, 0.05) is 16.5 Å². The third-order valence-electron chi connectivity index (χ3n) is 5.78. The molecule has 1 fully saturated rings. The van der Waals surface area contributed by atoms with Crippen molar-refractivity contribution in [2.24, 2.45) is 0 Å². The molecule has 0 atom stereocenters. The molecule has 3 heterocycles. The normalized spacial score (nSPS) is 16.5. The van der Waals surface area contributed by atoms with E-state index in [1.165, 1.54) is 16.2 Å². The molecule has 0 bridgehead atoms. The molecule has 31 heavy (non-hydrogen) atoms. The van der Waals surface area contributed by atoms with Crippen LogP contribution in [0.1, 0.15) is 59.3 Å². The standard InChI is InChI=1S/C20H20F3N5O2S/c1-10-24-18-17(12-4-2-3-5-14(12)31-18)19(30)28(10)26-16(29)9-27-13(11-6-7-11)8-15(25-27)20(21,22)23/h8,11H,2-7,9H2,1H3,(H,26,29). The van der Waals surface area contributed by atoms with Gasteiger partial charge in [-0.15, -0.1) is 11.3 Å². The number of carbonyl (C=O) groups is 1. The molecule has 2 aliphatic carbocycles. The quantitative estimate of drug-likeness (QED) is 0.658. The summed E-state index contributed by atoms with van der Waals surface area (Å²) in [5.74, 6) is -0.325. The van der Waals surface area contributed by atoms with Gasteiger partial charge in [-0.1, -0.05) is 0 Å². The van der Waals surface area contributed by atoms with Gasteiger partial charge < -0.3 is 0 Å². The minimum absolute atomic E-state index is 0.0174. The van der Waals surface area contributed by atoms with E-state index in [0.717, 1.165) is 59.5 Å². The highest BCUT2D eigenvalue weighted by atomic mass is 32.1. The van der Waals surface area contributed by atoms with Crippen LogP contribution in [0, 0.1) is 6.92 Å². The number of nitrogens with zero attached hydrogens (tertiary/aromatic N) is 4. The van der Waals surface area contributed by atoms with E-state index < -0.39 is 24.3 Å². The number of halogens is 3. The summed E-state index contributed by atoms with van der Waals surface area (Å²) >= 11 is 1.52. The maximum Gasteiger partial charge on any atom is 0.435 e. The van der Waals surface area contributed by atoms with Gasteiger partial charge in [-0.3, -0.25) is 19.7 Å². The number of hydrogen-bond acceptors (Lipinski definition) is 5. The van der Waals surface area contributed by atoms with Gasteiger partial charge in [-0.05, 0) is 57.1 Å². The minimum Gasteiger partial charge on any atom is -0.271 e. The van der Waals surface area contributed by atoms with Gasteiger partial charge in [-0.2, -0.15) is 18.3 Å². The molecule has 1 amide bonds. The fourth-order valence-corrected chi connectivity index (χ4v) is 5.44. The SMILES string of the molecule is Cc1nc2sc3c(c2c(=O)n1NC(=O)Cn1nc(C(F)(F)F)cc1C1CC1)CCCC3. The van der Waals surface area contributed by atoms with Gasteiger partial charge in [0.25, 0.3) is 11.5 Å². The van der Waals surface area contributed by atoms with E-state index in [0.29, 0.717) is 21.7 Å². The second kappa shape index (κ2) is 7.18. The molecule has 0 aliphatic heterocycles. The number of aryl methyl sites for hydroxylation is 3. The van der Waals surface area contributed by atoms with Gasteiger partial charge in [0.15, 0.2) is 5.69 Å². The number of fused-ring (bicyclic) bond motifs is 3. The molecular weight excluding hydrogens is 431 g/mol. The number of aromatic nitrogens is 4. The summed E-state index contributed by atoms with van der Waals surface area (Å²) in [6.07, 6.45) is 0.777. The first-order valence-electron chi connectivity index (χ1n) is 10.2. The van der Waals surface area contributed by atoms with E-state index >= 15 is 0 Å². The van der Waals surface area contributed by atoms with Crippen LogP contribution < -0.4 is 11.0 Å². The zero-order valence-corrected chi connectivity index (χ0v) is 17.6. The van der Waals surface area contributed by atoms with Gasteiger partial charge in [-0.25, -0.2) is 9.66 Å². The lowest BCUT2D eigenvalue weighted by Gasteiger charge is -2.13. The van der Waals surface area contributed by atoms with Crippen molar-refractivity contribution in [2.45, 2.75) is 64.1 Å². The van der Waals surface area contributed by atoms with Crippen LogP contribution >= 0.6 is 11.3 Å². The van der Waals surface area contributed by atoms with Crippen molar-refractivity contribution in [2.75, 3.05) is 5.43 Å². The number of rotatable bonds is 4. The second-order valence-corrected chi connectivity index (χ2v) is 9.19. The second-order valence-electron chi connectivity index (χ2n) is 8.11. The van der Waals surface area contributed by atoms with Crippen LogP contribution in [-0.2, 0) is 30.4 Å². The molecule has 0 radical (unpaired) electrons. The summed E-state index contributed by atoms with van der Waals surface area (Å²) < 4.78 is 41.4. The first-order valence-corrected chi connectivity index (χ1v) is 11.0. The molecule has 1 saturated carbocycles. The fraction of sp³-hybridized carbons (Fsp3) is 0.500. The lowest BCUT2D eigenvalue weighted by atomic mass is 9.97. The van der Waals surface area contributed by atoms with Crippen LogP contribution in [0.3, 0.4) is 0 Å². The highest BCUT2D eigenvalue weighted by Gasteiger charge is 2.38. The van der Waals surface area contributed by atoms with Crippen LogP contribution in [0.5, 0.6) is 0 Å². The number of nitrogens with one attached hydrogen (secondary N) is 1. The molecule has 3 aromatic rings. The van der Waals surface area contributed by atoms with Gasteiger partial charge in [0.1, 0.15) is 17.2 Å². The van der Waals surface area contributed by atoms with Crippen molar-refractivity contribution in [3.63, 3.8) is 0 Å². The molecule has 3 aromatic heterocycles. The largest absolute Gasteiger partial charge is 0.435 e. The summed E-state index contributed by atoms with van der Waals surface area (Å²) in [6.45, 7) is 1.21. The van der Waals surface area contributed by atoms with E-state index in [1.807, 2.05) is 0 Å². The van der Waals surface area contributed by atoms with Crippen molar-refractivity contribution >= 4 is 27.5 Å². The van der Waals surface area contributed by atoms with Gasteiger partial charge >= 0.3 is 6.18 Å². The van der Waals surface area contributed by atoms with E-state index in [1.54, 1.807) is 6.92 Å². The number of amides is 1. The Morgan fingerprint density at radius 3 is 2.74 bits per heavy atom. The van der Waals surface area contributed by atoms with E-state index in [9.17, 15) is 22.8 Å². The molecule has 0 spiro atoms. The molecule has 5 rings (SSSR count). The fourth-order valence-electron chi connectivity index (χ4n) is 4.14. The summed E-state index contributed by atoms with van der Waals surface area (Å²) in [5.41, 5.74) is 2.55. The number of alkyl halides is 3. The maximum atomic E-state index is 13.1. The Bertz CT molecular complexity index is 1250. The zero-order valence-electron chi connectivity index (χ0n) is 16.8. The molecule has 0 saturated heterocycles. The Labute approximate surface area is 178 Å². The highest BCUT2D eigenvalue weighted by molar-refractivity contribution is 7.18. The topological polar surface area (TPSA) is 81.8 Å². The number of thiophene rings is 1. The van der Waals surface area contributed by atoms with Crippen molar-refractivity contribution in [1.82, 2.24) is 19.4 Å². The molecule has 1 N–H and O–H groups in total. The third-order valence-corrected chi connectivity index (χ3v) is 6.97. The third kappa shape index (κ3) is 3.64. The van der Waals surface area contributed by atoms with Gasteiger partial charge in [0.2, 0.25) is 0 Å². The minimum atomic E-state index is -4.58. The van der Waals surface area contributed by atoms with Gasteiger partial charge in [0.05, 0.1) is 5.39 Å². The first kappa shape index (κ1) is 20.2. The zero-order chi connectivity index (χ0) is 21.9. The molecule has 7 nitrogen and oxygen atoms in total. The Morgan fingerprint density at radius 2 is 2.03 bits per heavy atom. The van der Waals surface area contributed by atoms with Crippen LogP contribution in [0.25, 0.3) is 10.2 Å². The average molecular weight is 451 g/mol. The first-order chi connectivity index (χ1) is 14.7. The van der Waals surface area contributed by atoms with E-state index in [4.69, 9.17) is 0 Å². The van der Waals surface area contributed by atoms with Crippen LogP contribution in [-0.4, -0.2) is 25.3 Å². The Kier molecular flexibility index (Phi) is 4.68. The van der Waals surface area contributed by atoms with Crippen LogP contribution in [0.15, 0.2) is 10.9 Å². The Balaban J connectivity index is 1.45. The lowest BCUT2D eigenvalue weighted by Crippen LogP contribution is -2.37. The lowest BCUT2D eigenvalue weighted by molar-refractivity contribution is -0.141. The van der Waals surface area contributed by atoms with Crippen LogP contribution in [0.4, 0.5) is 13.2 Å². The summed E-state index contributed by atoms with van der Waals surface area (Å²) in [5, 5.41) is 4.13. The van der Waals surface area contributed by atoms with Crippen molar-refractivity contribution in [3.8, 4) is 0 Å². The molecule has 0 aromatic carbocycles. The highest BCUT2D eigenvalue weighted by Crippen LogP contribution is 2.42. The maximum absolute atomic E-state index is 13.1. The smallest absolute Gasteiger partial charge is 0.271 e. The average Bonchev–Trinajstić information content (AvgIpc) is 3.34. The monoisotopic (exact) mass is 451 g/mol.